The predicted octanol–water partition coefficient (Wildman–Crippen LogP) is 1.43. The fourth-order valence-electron chi connectivity index (χ4n) is 1.56. The van der Waals surface area contributed by atoms with E-state index in [0.717, 1.165) is 16.9 Å². The Labute approximate surface area is 91.8 Å². The monoisotopic (exact) mass is 211 g/mol. The molecule has 0 atom stereocenters. The quantitative estimate of drug-likeness (QED) is 0.611. The lowest BCUT2D eigenvalue weighted by atomic mass is 10.2. The molecule has 0 unspecified atom stereocenters. The summed E-state index contributed by atoms with van der Waals surface area (Å²) in [6, 6.07) is 3.82. The molecular formula is C11H9N5. The maximum atomic E-state index is 4.52. The summed E-state index contributed by atoms with van der Waals surface area (Å²) >= 11 is 0. The van der Waals surface area contributed by atoms with Crippen molar-refractivity contribution in [3.05, 3.63) is 37.1 Å². The molecule has 78 valence electrons. The van der Waals surface area contributed by atoms with Gasteiger partial charge in [0.05, 0.1) is 18.2 Å². The Morgan fingerprint density at radius 3 is 2.75 bits per heavy atom. The summed E-state index contributed by atoms with van der Waals surface area (Å²) in [6.07, 6.45) is 6.92. The number of nitrogens with zero attached hydrogens (tertiary/aromatic N) is 5. The first-order chi connectivity index (χ1) is 7.84. The summed E-state index contributed by atoms with van der Waals surface area (Å²) in [6.45, 7) is 0. The van der Waals surface area contributed by atoms with Crippen molar-refractivity contribution in [1.82, 2.24) is 24.5 Å². The summed E-state index contributed by atoms with van der Waals surface area (Å²) in [5.41, 5.74) is 3.29. The van der Waals surface area contributed by atoms with E-state index in [1.807, 2.05) is 23.7 Å². The lowest BCUT2D eigenvalue weighted by molar-refractivity contribution is 0.931. The summed E-state index contributed by atoms with van der Waals surface area (Å²) in [4.78, 5) is 16.9. The summed E-state index contributed by atoms with van der Waals surface area (Å²) in [5.74, 6) is 0. The Bertz CT molecular complexity index is 629. The van der Waals surface area contributed by atoms with Gasteiger partial charge in [0.2, 0.25) is 0 Å². The van der Waals surface area contributed by atoms with Crippen molar-refractivity contribution in [1.29, 1.82) is 0 Å². The van der Waals surface area contributed by atoms with Crippen molar-refractivity contribution in [2.75, 3.05) is 0 Å². The number of imidazole rings is 1. The number of aryl methyl sites for hydroxylation is 1. The highest BCUT2D eigenvalue weighted by Gasteiger charge is 2.05. The van der Waals surface area contributed by atoms with Gasteiger partial charge in [-0.2, -0.15) is 0 Å². The highest BCUT2D eigenvalue weighted by Crippen LogP contribution is 2.16. The van der Waals surface area contributed by atoms with E-state index in [0.29, 0.717) is 5.65 Å². The average Bonchev–Trinajstić information content (AvgIpc) is 2.72. The van der Waals surface area contributed by atoms with E-state index in [-0.39, 0.29) is 0 Å². The summed E-state index contributed by atoms with van der Waals surface area (Å²) < 4.78 is 1.85. The number of rotatable bonds is 1. The molecule has 16 heavy (non-hydrogen) atoms. The molecule has 0 saturated carbocycles. The van der Waals surface area contributed by atoms with Crippen LogP contribution >= 0.6 is 0 Å². The normalized spacial score (nSPS) is 10.8. The van der Waals surface area contributed by atoms with Gasteiger partial charge >= 0.3 is 0 Å². The molecule has 0 amide bonds. The predicted molar refractivity (Wildman–Crippen MR) is 59.5 cm³/mol. The topological polar surface area (TPSA) is 56.5 Å². The van der Waals surface area contributed by atoms with Gasteiger partial charge in [0.1, 0.15) is 0 Å². The van der Waals surface area contributed by atoms with Gasteiger partial charge in [-0.15, -0.1) is 0 Å². The van der Waals surface area contributed by atoms with Gasteiger partial charge < -0.3 is 4.57 Å². The minimum atomic E-state index is 0.667. The molecule has 0 aliphatic heterocycles. The van der Waals surface area contributed by atoms with Crippen LogP contribution in [0, 0.1) is 0 Å². The Hall–Kier alpha value is -2.30. The van der Waals surface area contributed by atoms with Gasteiger partial charge in [0.25, 0.3) is 0 Å². The zero-order valence-electron chi connectivity index (χ0n) is 8.70. The molecule has 0 aromatic carbocycles. The van der Waals surface area contributed by atoms with Crippen LogP contribution in [0.1, 0.15) is 0 Å². The lowest BCUT2D eigenvalue weighted by Gasteiger charge is -1.99. The summed E-state index contributed by atoms with van der Waals surface area (Å²) in [5, 5.41) is 0. The van der Waals surface area contributed by atoms with Crippen LogP contribution in [0.2, 0.25) is 0 Å². The molecule has 0 fully saturated rings. The first kappa shape index (κ1) is 8.96. The largest absolute Gasteiger partial charge is 0.317 e. The average molecular weight is 211 g/mol. The molecule has 3 rings (SSSR count). The van der Waals surface area contributed by atoms with E-state index in [9.17, 15) is 0 Å². The van der Waals surface area contributed by atoms with Crippen LogP contribution in [0.4, 0.5) is 0 Å². The minimum absolute atomic E-state index is 0.667. The second kappa shape index (κ2) is 3.37. The van der Waals surface area contributed by atoms with Crippen molar-refractivity contribution >= 4 is 11.3 Å². The highest BCUT2D eigenvalue weighted by atomic mass is 15.1. The molecule has 5 heteroatoms. The molecule has 0 saturated heterocycles. The van der Waals surface area contributed by atoms with Crippen molar-refractivity contribution in [3.8, 4) is 11.3 Å². The van der Waals surface area contributed by atoms with Crippen LogP contribution in [-0.2, 0) is 7.05 Å². The van der Waals surface area contributed by atoms with Gasteiger partial charge in [-0.25, -0.2) is 15.0 Å². The Balaban J connectivity index is 2.22. The van der Waals surface area contributed by atoms with Gasteiger partial charge in [0.15, 0.2) is 11.3 Å². The third kappa shape index (κ3) is 1.33. The number of aromatic nitrogens is 5. The van der Waals surface area contributed by atoms with Crippen LogP contribution in [-0.4, -0.2) is 24.5 Å². The lowest BCUT2D eigenvalue weighted by Crippen LogP contribution is -1.92. The Kier molecular flexibility index (Phi) is 1.89. The maximum Gasteiger partial charge on any atom is 0.197 e. The molecule has 0 radical (unpaired) electrons. The van der Waals surface area contributed by atoms with Crippen LogP contribution in [0.3, 0.4) is 0 Å². The van der Waals surface area contributed by atoms with Crippen LogP contribution in [0.25, 0.3) is 22.6 Å². The molecule has 3 aromatic heterocycles. The fraction of sp³-hybridized carbons (Fsp3) is 0.0909. The van der Waals surface area contributed by atoms with E-state index in [4.69, 9.17) is 0 Å². The SMILES string of the molecule is Cn1cnc2ncc(-c3ccncc3)nc21. The van der Waals surface area contributed by atoms with Crippen LogP contribution in [0.15, 0.2) is 37.1 Å². The molecule has 0 bridgehead atoms. The maximum absolute atomic E-state index is 4.52. The standard InChI is InChI=1S/C11H9N5/c1-16-7-14-10-11(16)15-9(6-13-10)8-2-4-12-5-3-8/h2-7H,1H3. The van der Waals surface area contributed by atoms with E-state index in [1.165, 1.54) is 0 Å². The van der Waals surface area contributed by atoms with E-state index < -0.39 is 0 Å². The smallest absolute Gasteiger partial charge is 0.197 e. The van der Waals surface area contributed by atoms with Crippen molar-refractivity contribution in [3.63, 3.8) is 0 Å². The highest BCUT2D eigenvalue weighted by molar-refractivity contribution is 5.70. The third-order valence-electron chi connectivity index (χ3n) is 2.40. The fourth-order valence-corrected chi connectivity index (χ4v) is 1.56. The minimum Gasteiger partial charge on any atom is -0.317 e. The molecule has 0 aliphatic carbocycles. The molecular weight excluding hydrogens is 202 g/mol. The van der Waals surface area contributed by atoms with Crippen molar-refractivity contribution in [2.45, 2.75) is 0 Å². The Morgan fingerprint density at radius 2 is 1.94 bits per heavy atom. The second-order valence-electron chi connectivity index (χ2n) is 3.49. The van der Waals surface area contributed by atoms with E-state index >= 15 is 0 Å². The van der Waals surface area contributed by atoms with E-state index in [2.05, 4.69) is 19.9 Å². The number of hydrogen-bond acceptors (Lipinski definition) is 4. The van der Waals surface area contributed by atoms with E-state index in [1.54, 1.807) is 24.9 Å². The van der Waals surface area contributed by atoms with Crippen molar-refractivity contribution in [2.24, 2.45) is 7.05 Å². The summed E-state index contributed by atoms with van der Waals surface area (Å²) in [7, 11) is 1.90. The van der Waals surface area contributed by atoms with Gasteiger partial charge in [-0.05, 0) is 12.1 Å². The first-order valence-corrected chi connectivity index (χ1v) is 4.89. The van der Waals surface area contributed by atoms with Crippen LogP contribution < -0.4 is 0 Å². The molecule has 5 nitrogen and oxygen atoms in total. The zero-order valence-corrected chi connectivity index (χ0v) is 8.70. The Morgan fingerprint density at radius 1 is 1.12 bits per heavy atom. The van der Waals surface area contributed by atoms with Gasteiger partial charge in [0, 0.05) is 25.0 Å². The van der Waals surface area contributed by atoms with Gasteiger partial charge in [-0.1, -0.05) is 0 Å². The number of pyridine rings is 1. The molecule has 3 heterocycles. The molecule has 0 N–H and O–H groups in total. The number of fused-ring (bicyclic) bond motifs is 1. The van der Waals surface area contributed by atoms with Crippen LogP contribution in [0.5, 0.6) is 0 Å². The first-order valence-electron chi connectivity index (χ1n) is 4.89. The molecule has 0 aliphatic rings. The second-order valence-corrected chi connectivity index (χ2v) is 3.49. The molecule has 3 aromatic rings. The molecule has 0 spiro atoms. The third-order valence-corrected chi connectivity index (χ3v) is 2.40. The van der Waals surface area contributed by atoms with Crippen molar-refractivity contribution < 1.29 is 0 Å². The van der Waals surface area contributed by atoms with Gasteiger partial charge in [-0.3, -0.25) is 4.98 Å². The number of hydrogen-bond donors (Lipinski definition) is 0. The zero-order chi connectivity index (χ0) is 11.0.